The number of ether oxygens (including phenoxy) is 1. The Morgan fingerprint density at radius 1 is 1.36 bits per heavy atom. The highest BCUT2D eigenvalue weighted by Crippen LogP contribution is 2.25. The van der Waals surface area contributed by atoms with Crippen LogP contribution in [0.25, 0.3) is 0 Å². The second-order valence-corrected chi connectivity index (χ2v) is 7.61. The van der Waals surface area contributed by atoms with Gasteiger partial charge in [-0.15, -0.1) is 11.3 Å². The van der Waals surface area contributed by atoms with Crippen LogP contribution in [0.15, 0.2) is 17.6 Å². The van der Waals surface area contributed by atoms with E-state index in [0.717, 1.165) is 36.7 Å². The van der Waals surface area contributed by atoms with Gasteiger partial charge in [0.1, 0.15) is 0 Å². The number of aromatic nitrogens is 2. The monoisotopic (exact) mass is 358 g/mol. The molecule has 2 aliphatic rings. The number of nitrogens with zero attached hydrogens (tertiary/aromatic N) is 4. The number of carbonyl (C=O) groups is 1. The van der Waals surface area contributed by atoms with Crippen molar-refractivity contribution in [1.29, 1.82) is 0 Å². The van der Waals surface area contributed by atoms with Crippen molar-refractivity contribution in [1.82, 2.24) is 14.9 Å². The van der Waals surface area contributed by atoms with E-state index < -0.39 is 6.10 Å². The number of aryl methyl sites for hydroxylation is 2. The molecular formula is C18H22N4O2S. The fraction of sp³-hybridized carbons (Fsp3) is 0.500. The third-order valence-corrected chi connectivity index (χ3v) is 5.83. The highest BCUT2D eigenvalue weighted by atomic mass is 32.1. The van der Waals surface area contributed by atoms with Crippen molar-refractivity contribution in [3.8, 4) is 0 Å². The van der Waals surface area contributed by atoms with E-state index in [1.807, 2.05) is 18.7 Å². The molecule has 0 N–H and O–H groups in total. The van der Waals surface area contributed by atoms with Gasteiger partial charge in [-0.25, -0.2) is 4.98 Å². The van der Waals surface area contributed by atoms with Gasteiger partial charge in [0.2, 0.25) is 0 Å². The second kappa shape index (κ2) is 6.72. The summed E-state index contributed by atoms with van der Waals surface area (Å²) in [7, 11) is 0. The summed E-state index contributed by atoms with van der Waals surface area (Å²) in [6, 6.07) is 2.12. The average Bonchev–Trinajstić information content (AvgIpc) is 3.11. The standard InChI is InChI=1S/C18H22N4O2S/c1-12-9-19-13(2)17(20-12)21-6-7-24-15(11-21)18(23)22-5-3-16-14(10-22)4-8-25-16/h4,8-9,15H,3,5-7,10-11H2,1-2H3. The normalized spacial score (nSPS) is 20.5. The van der Waals surface area contributed by atoms with Crippen LogP contribution in [0.4, 0.5) is 5.82 Å². The molecule has 7 heteroatoms. The van der Waals surface area contributed by atoms with Gasteiger partial charge < -0.3 is 14.5 Å². The van der Waals surface area contributed by atoms with Crippen LogP contribution in [0, 0.1) is 13.8 Å². The molecule has 4 heterocycles. The summed E-state index contributed by atoms with van der Waals surface area (Å²) in [6.45, 7) is 7.16. The maximum absolute atomic E-state index is 13.0. The summed E-state index contributed by atoms with van der Waals surface area (Å²) < 4.78 is 5.81. The Hall–Kier alpha value is -1.99. The molecule has 1 amide bonds. The van der Waals surface area contributed by atoms with Gasteiger partial charge in [0.25, 0.3) is 5.91 Å². The first-order valence-corrected chi connectivity index (χ1v) is 9.50. The largest absolute Gasteiger partial charge is 0.365 e. The highest BCUT2D eigenvalue weighted by Gasteiger charge is 2.33. The van der Waals surface area contributed by atoms with Crippen molar-refractivity contribution in [3.63, 3.8) is 0 Å². The maximum Gasteiger partial charge on any atom is 0.253 e. The number of amides is 1. The van der Waals surface area contributed by atoms with Crippen molar-refractivity contribution >= 4 is 23.1 Å². The summed E-state index contributed by atoms with van der Waals surface area (Å²) in [4.78, 5) is 27.4. The molecule has 1 unspecified atom stereocenters. The van der Waals surface area contributed by atoms with E-state index in [4.69, 9.17) is 4.74 Å². The topological polar surface area (TPSA) is 58.6 Å². The van der Waals surface area contributed by atoms with Gasteiger partial charge in [0.05, 0.1) is 24.5 Å². The molecule has 132 valence electrons. The van der Waals surface area contributed by atoms with Crippen LogP contribution in [-0.4, -0.2) is 53.1 Å². The van der Waals surface area contributed by atoms with Crippen molar-refractivity contribution in [2.24, 2.45) is 0 Å². The minimum Gasteiger partial charge on any atom is -0.365 e. The van der Waals surface area contributed by atoms with Crippen LogP contribution in [0.1, 0.15) is 21.8 Å². The van der Waals surface area contributed by atoms with Crippen LogP contribution >= 0.6 is 11.3 Å². The Labute approximate surface area is 151 Å². The Morgan fingerprint density at radius 2 is 2.24 bits per heavy atom. The molecule has 6 nitrogen and oxygen atoms in total. The maximum atomic E-state index is 13.0. The number of hydrogen-bond acceptors (Lipinski definition) is 6. The summed E-state index contributed by atoms with van der Waals surface area (Å²) in [5.74, 6) is 0.944. The van der Waals surface area contributed by atoms with Crippen molar-refractivity contribution < 1.29 is 9.53 Å². The number of rotatable bonds is 2. The van der Waals surface area contributed by atoms with Crippen molar-refractivity contribution in [3.05, 3.63) is 39.5 Å². The predicted molar refractivity (Wildman–Crippen MR) is 96.9 cm³/mol. The smallest absolute Gasteiger partial charge is 0.253 e. The lowest BCUT2D eigenvalue weighted by molar-refractivity contribution is -0.145. The quantitative estimate of drug-likeness (QED) is 0.821. The SMILES string of the molecule is Cc1cnc(C)c(N2CCOC(C(=O)N3CCc4sccc4C3)C2)n1. The second-order valence-electron chi connectivity index (χ2n) is 6.60. The van der Waals surface area contributed by atoms with Gasteiger partial charge in [0, 0.05) is 30.7 Å². The van der Waals surface area contributed by atoms with Gasteiger partial charge in [-0.05, 0) is 37.3 Å². The van der Waals surface area contributed by atoms with Crippen LogP contribution < -0.4 is 4.90 Å². The number of carbonyl (C=O) groups excluding carboxylic acids is 1. The van der Waals surface area contributed by atoms with Crippen LogP contribution in [0.5, 0.6) is 0 Å². The van der Waals surface area contributed by atoms with Gasteiger partial charge in [-0.2, -0.15) is 0 Å². The lowest BCUT2D eigenvalue weighted by Crippen LogP contribution is -2.52. The summed E-state index contributed by atoms with van der Waals surface area (Å²) in [6.07, 6.45) is 2.28. The van der Waals surface area contributed by atoms with Crippen molar-refractivity contribution in [2.45, 2.75) is 32.9 Å². The van der Waals surface area contributed by atoms with E-state index in [0.29, 0.717) is 19.7 Å². The molecule has 1 saturated heterocycles. The fourth-order valence-corrected chi connectivity index (χ4v) is 4.35. The number of fused-ring (bicyclic) bond motifs is 1. The third kappa shape index (κ3) is 3.26. The minimum atomic E-state index is -0.435. The molecule has 1 atom stereocenters. The molecule has 25 heavy (non-hydrogen) atoms. The molecule has 2 aromatic rings. The van der Waals surface area contributed by atoms with Gasteiger partial charge in [-0.3, -0.25) is 9.78 Å². The Kier molecular flexibility index (Phi) is 4.43. The summed E-state index contributed by atoms with van der Waals surface area (Å²) in [5, 5.41) is 2.11. The van der Waals surface area contributed by atoms with Gasteiger partial charge in [-0.1, -0.05) is 0 Å². The molecule has 0 aromatic carbocycles. The number of thiophene rings is 1. The number of morpholine rings is 1. The first kappa shape index (κ1) is 16.5. The van der Waals surface area contributed by atoms with Gasteiger partial charge >= 0.3 is 0 Å². The fourth-order valence-electron chi connectivity index (χ4n) is 3.46. The zero-order valence-corrected chi connectivity index (χ0v) is 15.4. The number of hydrogen-bond donors (Lipinski definition) is 0. The van der Waals surface area contributed by atoms with Crippen LogP contribution in [0.3, 0.4) is 0 Å². The molecule has 2 aromatic heterocycles. The first-order valence-electron chi connectivity index (χ1n) is 8.62. The average molecular weight is 358 g/mol. The van der Waals surface area contributed by atoms with Crippen LogP contribution in [0.2, 0.25) is 0 Å². The molecule has 2 aliphatic heterocycles. The number of anilines is 1. The van der Waals surface area contributed by atoms with E-state index >= 15 is 0 Å². The van der Waals surface area contributed by atoms with Gasteiger partial charge in [0.15, 0.2) is 11.9 Å². The Balaban J connectivity index is 1.48. The summed E-state index contributed by atoms with van der Waals surface area (Å²) in [5.41, 5.74) is 3.05. The molecule has 1 fully saturated rings. The van der Waals surface area contributed by atoms with E-state index in [2.05, 4.69) is 26.3 Å². The third-order valence-electron chi connectivity index (χ3n) is 4.81. The predicted octanol–water partition coefficient (Wildman–Crippen LogP) is 1.95. The molecule has 0 spiro atoms. The lowest BCUT2D eigenvalue weighted by Gasteiger charge is -2.37. The Morgan fingerprint density at radius 3 is 3.12 bits per heavy atom. The molecule has 0 radical (unpaired) electrons. The zero-order chi connectivity index (χ0) is 17.4. The molecule has 0 aliphatic carbocycles. The lowest BCUT2D eigenvalue weighted by atomic mass is 10.1. The molecular weight excluding hydrogens is 336 g/mol. The molecule has 4 rings (SSSR count). The van der Waals surface area contributed by atoms with E-state index in [1.165, 1.54) is 10.4 Å². The molecule has 0 bridgehead atoms. The van der Waals surface area contributed by atoms with Crippen LogP contribution in [-0.2, 0) is 22.5 Å². The molecule has 0 saturated carbocycles. The van der Waals surface area contributed by atoms with E-state index in [1.54, 1.807) is 17.5 Å². The minimum absolute atomic E-state index is 0.0832. The first-order chi connectivity index (χ1) is 12.1. The summed E-state index contributed by atoms with van der Waals surface area (Å²) >= 11 is 1.78. The van der Waals surface area contributed by atoms with E-state index in [9.17, 15) is 4.79 Å². The highest BCUT2D eigenvalue weighted by molar-refractivity contribution is 7.10. The Bertz CT molecular complexity index is 791. The van der Waals surface area contributed by atoms with Crippen molar-refractivity contribution in [2.75, 3.05) is 31.1 Å². The van der Waals surface area contributed by atoms with E-state index in [-0.39, 0.29) is 5.91 Å². The zero-order valence-electron chi connectivity index (χ0n) is 14.6.